The van der Waals surface area contributed by atoms with Crippen LogP contribution in [-0.4, -0.2) is 20.9 Å². The van der Waals surface area contributed by atoms with Crippen molar-refractivity contribution in [3.05, 3.63) is 15.9 Å². The maximum Gasteiger partial charge on any atom is 0.307 e. The van der Waals surface area contributed by atoms with Crippen LogP contribution >= 0.6 is 15.9 Å². The van der Waals surface area contributed by atoms with Gasteiger partial charge in [0.25, 0.3) is 0 Å². The zero-order valence-electron chi connectivity index (χ0n) is 11.5. The number of aryl methyl sites for hydroxylation is 2. The van der Waals surface area contributed by atoms with E-state index >= 15 is 0 Å². The van der Waals surface area contributed by atoms with E-state index in [9.17, 15) is 9.90 Å². The zero-order valence-corrected chi connectivity index (χ0v) is 13.1. The van der Waals surface area contributed by atoms with Crippen molar-refractivity contribution in [1.82, 2.24) is 9.78 Å². The van der Waals surface area contributed by atoms with Gasteiger partial charge in [-0.1, -0.05) is 12.8 Å². The van der Waals surface area contributed by atoms with E-state index in [1.54, 1.807) is 0 Å². The molecule has 1 saturated carbocycles. The van der Waals surface area contributed by atoms with Gasteiger partial charge in [0.05, 0.1) is 21.8 Å². The Hall–Kier alpha value is -0.840. The highest BCUT2D eigenvalue weighted by Crippen LogP contribution is 2.35. The summed E-state index contributed by atoms with van der Waals surface area (Å²) in [5, 5.41) is 14.0. The van der Waals surface area contributed by atoms with Crippen LogP contribution in [0, 0.1) is 18.8 Å². The highest BCUT2D eigenvalue weighted by Gasteiger charge is 2.32. The van der Waals surface area contributed by atoms with Gasteiger partial charge in [0.2, 0.25) is 0 Å². The van der Waals surface area contributed by atoms with Gasteiger partial charge in [0.15, 0.2) is 0 Å². The third-order valence-electron chi connectivity index (χ3n) is 4.15. The molecule has 2 rings (SSSR count). The molecule has 0 aliphatic heterocycles. The van der Waals surface area contributed by atoms with Gasteiger partial charge < -0.3 is 5.11 Å². The van der Waals surface area contributed by atoms with Crippen molar-refractivity contribution in [2.45, 2.75) is 52.5 Å². The topological polar surface area (TPSA) is 55.1 Å². The van der Waals surface area contributed by atoms with E-state index in [0.717, 1.165) is 35.2 Å². The van der Waals surface area contributed by atoms with Crippen molar-refractivity contribution < 1.29 is 9.90 Å². The molecule has 1 aromatic rings. The molecule has 5 heteroatoms. The number of halogens is 1. The van der Waals surface area contributed by atoms with Crippen molar-refractivity contribution in [2.75, 3.05) is 0 Å². The highest BCUT2D eigenvalue weighted by atomic mass is 79.9. The summed E-state index contributed by atoms with van der Waals surface area (Å²) in [5.74, 6) is -0.620. The van der Waals surface area contributed by atoms with E-state index in [2.05, 4.69) is 21.0 Å². The minimum Gasteiger partial charge on any atom is -0.481 e. The van der Waals surface area contributed by atoms with Gasteiger partial charge in [-0.25, -0.2) is 0 Å². The van der Waals surface area contributed by atoms with Gasteiger partial charge in [0, 0.05) is 13.0 Å². The van der Waals surface area contributed by atoms with E-state index in [0.29, 0.717) is 12.3 Å². The van der Waals surface area contributed by atoms with Crippen LogP contribution in [0.25, 0.3) is 0 Å². The molecule has 0 radical (unpaired) electrons. The van der Waals surface area contributed by atoms with Gasteiger partial charge in [-0.05, 0) is 48.5 Å². The minimum absolute atomic E-state index is 0.278. The second-order valence-electron chi connectivity index (χ2n) is 5.36. The predicted octanol–water partition coefficient (Wildman–Crippen LogP) is 3.41. The van der Waals surface area contributed by atoms with Crippen molar-refractivity contribution in [3.63, 3.8) is 0 Å². The Kier molecular flexibility index (Phi) is 4.66. The molecule has 0 bridgehead atoms. The minimum atomic E-state index is -0.666. The molecule has 1 unspecified atom stereocenters. The number of rotatable bonds is 5. The van der Waals surface area contributed by atoms with E-state index in [1.165, 1.54) is 12.8 Å². The first kappa shape index (κ1) is 14.6. The zero-order chi connectivity index (χ0) is 14.0. The summed E-state index contributed by atoms with van der Waals surface area (Å²) in [6, 6.07) is 0. The quantitative estimate of drug-likeness (QED) is 0.901. The monoisotopic (exact) mass is 328 g/mol. The van der Waals surface area contributed by atoms with E-state index in [4.69, 9.17) is 0 Å². The number of hydrogen-bond acceptors (Lipinski definition) is 2. The Morgan fingerprint density at radius 1 is 1.53 bits per heavy atom. The molecule has 1 heterocycles. The molecule has 0 saturated heterocycles. The Morgan fingerprint density at radius 2 is 2.16 bits per heavy atom. The lowest BCUT2D eigenvalue weighted by Gasteiger charge is -2.19. The first-order valence-corrected chi connectivity index (χ1v) is 7.78. The van der Waals surface area contributed by atoms with Gasteiger partial charge in [-0.15, -0.1) is 0 Å². The standard InChI is InChI=1S/C14H21BrN2O2/c1-3-17-12(13(15)9(2)16-17)8-11(14(18)19)10-6-4-5-7-10/h10-11H,3-8H2,1-2H3,(H,18,19). The second-order valence-corrected chi connectivity index (χ2v) is 6.15. The Balaban J connectivity index is 2.23. The van der Waals surface area contributed by atoms with Crippen molar-refractivity contribution in [2.24, 2.45) is 11.8 Å². The van der Waals surface area contributed by atoms with Crippen molar-refractivity contribution >= 4 is 21.9 Å². The van der Waals surface area contributed by atoms with Gasteiger partial charge >= 0.3 is 5.97 Å². The molecule has 0 amide bonds. The average molecular weight is 329 g/mol. The third-order valence-corrected chi connectivity index (χ3v) is 5.18. The predicted molar refractivity (Wildman–Crippen MR) is 77.1 cm³/mol. The normalized spacial score (nSPS) is 17.8. The van der Waals surface area contributed by atoms with Gasteiger partial charge in [-0.2, -0.15) is 5.10 Å². The maximum absolute atomic E-state index is 11.6. The van der Waals surface area contributed by atoms with Crippen LogP contribution in [-0.2, 0) is 17.8 Å². The molecule has 0 spiro atoms. The molecular formula is C14H21BrN2O2. The molecule has 1 aromatic heterocycles. The SMILES string of the molecule is CCn1nc(C)c(Br)c1CC(C(=O)O)C1CCCC1. The molecule has 4 nitrogen and oxygen atoms in total. The molecular weight excluding hydrogens is 308 g/mol. The van der Waals surface area contributed by atoms with Crippen LogP contribution in [0.3, 0.4) is 0 Å². The van der Waals surface area contributed by atoms with Crippen LogP contribution in [0.2, 0.25) is 0 Å². The van der Waals surface area contributed by atoms with E-state index in [-0.39, 0.29) is 5.92 Å². The maximum atomic E-state index is 11.6. The lowest BCUT2D eigenvalue weighted by atomic mass is 9.87. The number of carboxylic acids is 1. The fourth-order valence-electron chi connectivity index (χ4n) is 3.09. The lowest BCUT2D eigenvalue weighted by molar-refractivity contribution is -0.143. The van der Waals surface area contributed by atoms with Crippen LogP contribution in [0.15, 0.2) is 4.47 Å². The molecule has 0 aromatic carbocycles. The summed E-state index contributed by atoms with van der Waals surface area (Å²) in [5.41, 5.74) is 1.96. The lowest BCUT2D eigenvalue weighted by Crippen LogP contribution is -2.25. The Morgan fingerprint density at radius 3 is 2.68 bits per heavy atom. The summed E-state index contributed by atoms with van der Waals surface area (Å²) >= 11 is 3.55. The number of aromatic nitrogens is 2. The molecule has 1 N–H and O–H groups in total. The first-order valence-electron chi connectivity index (χ1n) is 6.99. The summed E-state index contributed by atoms with van der Waals surface area (Å²) in [7, 11) is 0. The number of carbonyl (C=O) groups is 1. The Bertz CT molecular complexity index is 464. The summed E-state index contributed by atoms with van der Waals surface area (Å²) in [6.45, 7) is 4.76. The first-order chi connectivity index (χ1) is 9.04. The Labute approximate surface area is 122 Å². The second kappa shape index (κ2) is 6.07. The molecule has 1 fully saturated rings. The van der Waals surface area contributed by atoms with Crippen LogP contribution in [0.4, 0.5) is 0 Å². The summed E-state index contributed by atoms with van der Waals surface area (Å²) < 4.78 is 2.89. The van der Waals surface area contributed by atoms with Crippen molar-refractivity contribution in [3.8, 4) is 0 Å². The summed E-state index contributed by atoms with van der Waals surface area (Å²) in [4.78, 5) is 11.6. The largest absolute Gasteiger partial charge is 0.481 e. The van der Waals surface area contributed by atoms with Gasteiger partial charge in [0.1, 0.15) is 0 Å². The molecule has 1 aliphatic rings. The number of carboxylic acid groups (broad SMARTS) is 1. The highest BCUT2D eigenvalue weighted by molar-refractivity contribution is 9.10. The number of aliphatic carboxylic acids is 1. The molecule has 106 valence electrons. The van der Waals surface area contributed by atoms with E-state index in [1.807, 2.05) is 18.5 Å². The average Bonchev–Trinajstić information content (AvgIpc) is 2.97. The van der Waals surface area contributed by atoms with Crippen LogP contribution in [0.5, 0.6) is 0 Å². The molecule has 1 aliphatic carbocycles. The van der Waals surface area contributed by atoms with Gasteiger partial charge in [-0.3, -0.25) is 9.48 Å². The summed E-state index contributed by atoms with van der Waals surface area (Å²) in [6.07, 6.45) is 5.01. The fraction of sp³-hybridized carbons (Fsp3) is 0.714. The molecule has 1 atom stereocenters. The van der Waals surface area contributed by atoms with Crippen LogP contribution < -0.4 is 0 Å². The number of hydrogen-bond donors (Lipinski definition) is 1. The molecule has 19 heavy (non-hydrogen) atoms. The third kappa shape index (κ3) is 3.02. The van der Waals surface area contributed by atoms with Crippen molar-refractivity contribution in [1.29, 1.82) is 0 Å². The fourth-order valence-corrected chi connectivity index (χ4v) is 3.53. The van der Waals surface area contributed by atoms with E-state index < -0.39 is 5.97 Å². The smallest absolute Gasteiger partial charge is 0.307 e. The number of nitrogens with zero attached hydrogens (tertiary/aromatic N) is 2. The van der Waals surface area contributed by atoms with Crippen LogP contribution in [0.1, 0.15) is 44.0 Å².